The molecule has 2 saturated heterocycles. The van der Waals surface area contributed by atoms with Crippen molar-refractivity contribution in [2.75, 3.05) is 26.2 Å². The van der Waals surface area contributed by atoms with Crippen molar-refractivity contribution in [2.24, 2.45) is 27.6 Å². The van der Waals surface area contributed by atoms with E-state index in [4.69, 9.17) is 0 Å². The zero-order valence-electron chi connectivity index (χ0n) is 35.3. The second-order valence-electron chi connectivity index (χ2n) is 19.0. The lowest BCUT2D eigenvalue weighted by Gasteiger charge is -2.38. The van der Waals surface area contributed by atoms with Gasteiger partial charge in [-0.05, 0) is 88.0 Å². The average Bonchev–Trinajstić information content (AvgIpc) is 3.81. The quantitative estimate of drug-likeness (QED) is 0.208. The Labute approximate surface area is 329 Å². The maximum absolute atomic E-state index is 14.9. The fraction of sp³-hybridized carbons (Fsp3) is 0.875. The van der Waals surface area contributed by atoms with Crippen molar-refractivity contribution in [3.8, 4) is 0 Å². The summed E-state index contributed by atoms with van der Waals surface area (Å²) >= 11 is 0. The fourth-order valence-electron chi connectivity index (χ4n) is 10.8. The smallest absolute Gasteiger partial charge is 0.303 e. The van der Waals surface area contributed by atoms with Gasteiger partial charge >= 0.3 is 10.2 Å². The molecule has 2 unspecified atom stereocenters. The Balaban J connectivity index is 1.39. The zero-order chi connectivity index (χ0) is 41.1. The SMILES string of the molecule is CCC1CC1(NC(=O)[C@@H]1C[C@@]2(CN1C(=O)[C@@H](NC(=O)[C@H](C)NC(=O)[C@@H]1CCCCN1C(C)C)C(C)(C)C)C(C)(C)C21CCC1)C(=O)NS(=O)(=O)N(CC)CC. The summed E-state index contributed by atoms with van der Waals surface area (Å²) in [6, 6.07) is -3.00. The third-order valence-electron chi connectivity index (χ3n) is 14.7. The van der Waals surface area contributed by atoms with E-state index >= 15 is 0 Å². The first-order valence-corrected chi connectivity index (χ1v) is 22.3. The van der Waals surface area contributed by atoms with Gasteiger partial charge < -0.3 is 20.9 Å². The first kappa shape index (κ1) is 43.3. The van der Waals surface area contributed by atoms with E-state index in [1.54, 1.807) is 25.7 Å². The normalized spacial score (nSPS) is 30.8. The van der Waals surface area contributed by atoms with E-state index in [1.165, 1.54) is 0 Å². The molecule has 5 amide bonds. The molecule has 7 atom stereocenters. The van der Waals surface area contributed by atoms with Crippen molar-refractivity contribution in [1.29, 1.82) is 0 Å². The molecule has 5 fully saturated rings. The predicted octanol–water partition coefficient (Wildman–Crippen LogP) is 3.07. The minimum absolute atomic E-state index is 0.00569. The summed E-state index contributed by atoms with van der Waals surface area (Å²) in [4.78, 5) is 74.4. The molecule has 0 radical (unpaired) electrons. The van der Waals surface area contributed by atoms with Gasteiger partial charge in [0.15, 0.2) is 0 Å². The predicted molar refractivity (Wildman–Crippen MR) is 210 cm³/mol. The van der Waals surface area contributed by atoms with Crippen molar-refractivity contribution >= 4 is 39.7 Å². The van der Waals surface area contributed by atoms with Gasteiger partial charge in [0, 0.05) is 31.1 Å². The summed E-state index contributed by atoms with van der Waals surface area (Å²) in [5.74, 6) is -2.61. The van der Waals surface area contributed by atoms with Crippen LogP contribution in [0.25, 0.3) is 0 Å². The summed E-state index contributed by atoms with van der Waals surface area (Å²) in [6.07, 6.45) is 7.03. The standard InChI is InChI=1S/C40H69N7O7S/c1-12-27-22-40(27,35(52)44-55(53,54)45(13-2)14-3)43-33(50)29-23-39(37(10,11)38(39)19-17-20-38)24-47(29)34(51)30(36(7,8)9)42-31(48)26(6)41-32(49)28-18-15-16-21-46(28)25(4)5/h25-30H,12-24H2,1-11H3,(H,41,49)(H,42,48)(H,43,50)(H,44,52)/t26-,27?,28-,29-,30+,39+,40?/m0/s1. The number of likely N-dealkylation sites (tertiary alicyclic amines) is 2. The van der Waals surface area contributed by atoms with Crippen molar-refractivity contribution in [2.45, 2.75) is 170 Å². The Morgan fingerprint density at radius 3 is 1.98 bits per heavy atom. The number of rotatable bonds is 14. The number of carbonyl (C=O) groups is 5. The van der Waals surface area contributed by atoms with Crippen molar-refractivity contribution in [1.82, 2.24) is 34.8 Å². The van der Waals surface area contributed by atoms with Crippen LogP contribution in [0.15, 0.2) is 0 Å². The largest absolute Gasteiger partial charge is 0.343 e. The molecule has 2 heterocycles. The van der Waals surface area contributed by atoms with Crippen molar-refractivity contribution < 1.29 is 32.4 Å². The maximum atomic E-state index is 14.9. The van der Waals surface area contributed by atoms with Crippen molar-refractivity contribution in [3.05, 3.63) is 0 Å². The summed E-state index contributed by atoms with van der Waals surface area (Å²) in [5.41, 5.74) is -2.64. The Hall–Kier alpha value is -2.78. The highest BCUT2D eigenvalue weighted by Gasteiger charge is 2.85. The Morgan fingerprint density at radius 2 is 1.49 bits per heavy atom. The number of carbonyl (C=O) groups excluding carboxylic acids is 5. The van der Waals surface area contributed by atoms with Crippen LogP contribution < -0.4 is 20.7 Å². The van der Waals surface area contributed by atoms with Crippen LogP contribution in [0.2, 0.25) is 0 Å². The molecular weight excluding hydrogens is 723 g/mol. The monoisotopic (exact) mass is 791 g/mol. The van der Waals surface area contributed by atoms with Crippen LogP contribution in [-0.4, -0.2) is 114 Å². The fourth-order valence-corrected chi connectivity index (χ4v) is 12.0. The second kappa shape index (κ2) is 15.2. The first-order valence-electron chi connectivity index (χ1n) is 20.8. The van der Waals surface area contributed by atoms with E-state index in [1.807, 2.05) is 27.7 Å². The highest BCUT2D eigenvalue weighted by Crippen LogP contribution is 2.88. The van der Waals surface area contributed by atoms with Crippen LogP contribution in [0, 0.1) is 27.6 Å². The summed E-state index contributed by atoms with van der Waals surface area (Å²) in [6.45, 7) is 22.6. The van der Waals surface area contributed by atoms with E-state index < -0.39 is 62.9 Å². The van der Waals surface area contributed by atoms with Gasteiger partial charge in [0.2, 0.25) is 23.6 Å². The van der Waals surface area contributed by atoms with Gasteiger partial charge in [-0.15, -0.1) is 0 Å². The Kier molecular flexibility index (Phi) is 12.0. The van der Waals surface area contributed by atoms with Gasteiger partial charge in [0.05, 0.1) is 6.04 Å². The third kappa shape index (κ3) is 7.32. The van der Waals surface area contributed by atoms with Gasteiger partial charge in [-0.25, -0.2) is 4.72 Å². The summed E-state index contributed by atoms with van der Waals surface area (Å²) in [5, 5.41) is 8.86. The lowest BCUT2D eigenvalue weighted by atomic mass is 9.73. The van der Waals surface area contributed by atoms with Crippen LogP contribution in [0.3, 0.4) is 0 Å². The number of nitrogens with one attached hydrogen (secondary N) is 4. The van der Waals surface area contributed by atoms with E-state index in [2.05, 4.69) is 53.3 Å². The minimum atomic E-state index is -4.13. The van der Waals surface area contributed by atoms with Gasteiger partial charge in [-0.3, -0.25) is 28.9 Å². The average molecular weight is 792 g/mol. The molecule has 55 heavy (non-hydrogen) atoms. The Bertz CT molecular complexity index is 1640. The van der Waals surface area contributed by atoms with Crippen molar-refractivity contribution in [3.63, 3.8) is 0 Å². The molecule has 0 aromatic rings. The van der Waals surface area contributed by atoms with Gasteiger partial charge in [0.1, 0.15) is 23.7 Å². The molecule has 0 aromatic carbocycles. The maximum Gasteiger partial charge on any atom is 0.303 e. The molecule has 3 saturated carbocycles. The molecule has 15 heteroatoms. The molecule has 3 aliphatic carbocycles. The second-order valence-corrected chi connectivity index (χ2v) is 20.7. The highest BCUT2D eigenvalue weighted by atomic mass is 32.2. The molecule has 312 valence electrons. The number of hydrogen-bond acceptors (Lipinski definition) is 8. The molecular formula is C40H69N7O7S. The number of amides is 5. The van der Waals surface area contributed by atoms with Crippen LogP contribution in [-0.2, 0) is 34.2 Å². The summed E-state index contributed by atoms with van der Waals surface area (Å²) in [7, 11) is -4.13. The molecule has 14 nitrogen and oxygen atoms in total. The molecule has 0 bridgehead atoms. The van der Waals surface area contributed by atoms with E-state index in [0.29, 0.717) is 25.8 Å². The number of nitrogens with zero attached hydrogens (tertiary/aromatic N) is 3. The van der Waals surface area contributed by atoms with E-state index in [-0.39, 0.29) is 59.7 Å². The van der Waals surface area contributed by atoms with Crippen LogP contribution in [0.4, 0.5) is 0 Å². The molecule has 5 rings (SSSR count). The number of hydrogen-bond donors (Lipinski definition) is 4. The number of fused-ring (bicyclic) bond motifs is 1. The molecule has 5 aliphatic rings. The van der Waals surface area contributed by atoms with E-state index in [9.17, 15) is 32.4 Å². The molecule has 0 aromatic heterocycles. The third-order valence-corrected chi connectivity index (χ3v) is 16.3. The lowest BCUT2D eigenvalue weighted by molar-refractivity contribution is -0.145. The minimum Gasteiger partial charge on any atom is -0.343 e. The lowest BCUT2D eigenvalue weighted by Crippen LogP contribution is -2.62. The highest BCUT2D eigenvalue weighted by molar-refractivity contribution is 7.87. The van der Waals surface area contributed by atoms with Gasteiger partial charge in [-0.1, -0.05) is 74.7 Å². The van der Waals surface area contributed by atoms with Crippen LogP contribution in [0.5, 0.6) is 0 Å². The summed E-state index contributed by atoms with van der Waals surface area (Å²) < 4.78 is 29.6. The van der Waals surface area contributed by atoms with Gasteiger partial charge in [0.25, 0.3) is 5.91 Å². The van der Waals surface area contributed by atoms with Crippen LogP contribution in [0.1, 0.15) is 134 Å². The first-order chi connectivity index (χ1) is 25.5. The molecule has 2 aliphatic heterocycles. The van der Waals surface area contributed by atoms with E-state index in [0.717, 1.165) is 43.0 Å². The zero-order valence-corrected chi connectivity index (χ0v) is 36.1. The molecule has 4 N–H and O–H groups in total. The number of piperidine rings is 1. The Morgan fingerprint density at radius 1 is 0.855 bits per heavy atom. The van der Waals surface area contributed by atoms with Crippen LogP contribution >= 0.6 is 0 Å². The topological polar surface area (TPSA) is 177 Å². The van der Waals surface area contributed by atoms with Gasteiger partial charge in [-0.2, -0.15) is 12.7 Å². The molecule has 2 spiro atoms.